The number of carbonyl (C=O) groups is 2. The molecule has 0 aromatic carbocycles. The Labute approximate surface area is 158 Å². The molecule has 2 fully saturated rings. The molecule has 1 saturated carbocycles. The van der Waals surface area contributed by atoms with E-state index in [2.05, 4.69) is 40.4 Å². The van der Waals surface area contributed by atoms with Crippen LogP contribution in [0.2, 0.25) is 18.1 Å². The fraction of sp³-hybridized carbons (Fsp3) is 0.800. The summed E-state index contributed by atoms with van der Waals surface area (Å²) >= 11 is 0. The highest BCUT2D eigenvalue weighted by molar-refractivity contribution is 6.74. The molecule has 26 heavy (non-hydrogen) atoms. The summed E-state index contributed by atoms with van der Waals surface area (Å²) in [4.78, 5) is 24.5. The lowest BCUT2D eigenvalue weighted by Gasteiger charge is -2.43. The van der Waals surface area contributed by atoms with Gasteiger partial charge in [0.2, 0.25) is 0 Å². The van der Waals surface area contributed by atoms with E-state index in [-0.39, 0.29) is 29.5 Å². The molecule has 0 N–H and O–H groups in total. The van der Waals surface area contributed by atoms with Crippen molar-refractivity contribution in [2.45, 2.75) is 72.2 Å². The summed E-state index contributed by atoms with van der Waals surface area (Å²) in [6, 6.07) is 0. The van der Waals surface area contributed by atoms with Gasteiger partial charge in [-0.05, 0) is 25.1 Å². The molecule has 0 bridgehead atoms. The lowest BCUT2D eigenvalue weighted by Crippen LogP contribution is -2.52. The van der Waals surface area contributed by atoms with Crippen molar-refractivity contribution < 1.29 is 23.5 Å². The van der Waals surface area contributed by atoms with Gasteiger partial charge in [-0.1, -0.05) is 46.8 Å². The van der Waals surface area contributed by atoms with Crippen LogP contribution in [0.3, 0.4) is 0 Å². The van der Waals surface area contributed by atoms with Gasteiger partial charge in [0.25, 0.3) is 0 Å². The molecule has 6 heteroatoms. The Kier molecular flexibility index (Phi) is 5.27. The van der Waals surface area contributed by atoms with Gasteiger partial charge in [0.05, 0.1) is 6.10 Å². The normalized spacial score (nSPS) is 34.6. The van der Waals surface area contributed by atoms with E-state index in [1.165, 1.54) is 0 Å². The maximum atomic E-state index is 12.8. The smallest absolute Gasteiger partial charge is 0.315 e. The number of esters is 2. The molecule has 148 valence electrons. The number of rotatable bonds is 5. The second-order valence-electron chi connectivity index (χ2n) is 9.58. The minimum atomic E-state index is -2.16. The van der Waals surface area contributed by atoms with E-state index in [9.17, 15) is 9.59 Å². The number of ether oxygens (including phenoxy) is 2. The summed E-state index contributed by atoms with van der Waals surface area (Å²) in [5.41, 5.74) is -0.443. The van der Waals surface area contributed by atoms with Gasteiger partial charge in [0, 0.05) is 17.8 Å². The minimum absolute atomic E-state index is 0.00314. The first-order valence-electron chi connectivity index (χ1n) is 9.42. The van der Waals surface area contributed by atoms with Crippen molar-refractivity contribution >= 4 is 20.3 Å². The van der Waals surface area contributed by atoms with Gasteiger partial charge in [0.1, 0.15) is 18.6 Å². The Morgan fingerprint density at radius 3 is 2.42 bits per heavy atom. The van der Waals surface area contributed by atoms with Crippen LogP contribution < -0.4 is 0 Å². The van der Waals surface area contributed by atoms with Gasteiger partial charge in [-0.3, -0.25) is 9.59 Å². The fourth-order valence-corrected chi connectivity index (χ4v) is 5.14. The Morgan fingerprint density at radius 2 is 1.92 bits per heavy atom. The second kappa shape index (κ2) is 6.48. The van der Waals surface area contributed by atoms with E-state index in [0.717, 1.165) is 5.57 Å². The first-order chi connectivity index (χ1) is 11.7. The highest BCUT2D eigenvalue weighted by Crippen LogP contribution is 2.63. The van der Waals surface area contributed by atoms with Crippen LogP contribution in [0.5, 0.6) is 0 Å². The van der Waals surface area contributed by atoms with Crippen LogP contribution >= 0.6 is 0 Å². The van der Waals surface area contributed by atoms with Crippen LogP contribution in [-0.2, 0) is 23.5 Å². The van der Waals surface area contributed by atoms with Crippen molar-refractivity contribution in [3.63, 3.8) is 0 Å². The topological polar surface area (TPSA) is 61.8 Å². The number of cyclic esters (lactones) is 1. The van der Waals surface area contributed by atoms with Crippen molar-refractivity contribution in [3.05, 3.63) is 12.2 Å². The van der Waals surface area contributed by atoms with Crippen molar-refractivity contribution in [3.8, 4) is 0 Å². The van der Waals surface area contributed by atoms with E-state index < -0.39 is 25.3 Å². The molecular weight excluding hydrogens is 348 g/mol. The van der Waals surface area contributed by atoms with Crippen LogP contribution in [0.25, 0.3) is 0 Å². The predicted molar refractivity (Wildman–Crippen MR) is 103 cm³/mol. The third-order valence-electron chi connectivity index (χ3n) is 7.09. The molecule has 0 spiro atoms. The number of carbonyl (C=O) groups excluding carboxylic acids is 2. The standard InChI is InChI=1S/C20H34O5Si/c1-10-15(21)23-11-14-13(2)19(6)12-24-17(22)20(19,7)16(14)25-26(8,9)18(3,4)5/h14,16H,2,10-12H2,1,3-9H3/t14?,16-,19-,20-/m0/s1. The van der Waals surface area contributed by atoms with Crippen molar-refractivity contribution in [2.24, 2.45) is 16.7 Å². The van der Waals surface area contributed by atoms with Crippen LogP contribution in [0.15, 0.2) is 12.2 Å². The summed E-state index contributed by atoms with van der Waals surface area (Å²) in [5, 5.41) is -0.00314. The zero-order chi connectivity index (χ0) is 20.1. The molecule has 1 saturated heterocycles. The van der Waals surface area contributed by atoms with Crippen LogP contribution in [0.4, 0.5) is 0 Å². The monoisotopic (exact) mass is 382 g/mol. The minimum Gasteiger partial charge on any atom is -0.465 e. The number of hydrogen-bond donors (Lipinski definition) is 0. The quantitative estimate of drug-likeness (QED) is 0.407. The van der Waals surface area contributed by atoms with Crippen molar-refractivity contribution in [1.29, 1.82) is 0 Å². The molecule has 0 aromatic rings. The van der Waals surface area contributed by atoms with Gasteiger partial charge >= 0.3 is 11.9 Å². The maximum absolute atomic E-state index is 12.8. The number of hydrogen-bond acceptors (Lipinski definition) is 5. The second-order valence-corrected chi connectivity index (χ2v) is 14.3. The summed E-state index contributed by atoms with van der Waals surface area (Å²) in [6.45, 7) is 21.3. The molecule has 1 heterocycles. The predicted octanol–water partition coefficient (Wildman–Crippen LogP) is 4.09. The SMILES string of the molecule is C=C1C(COC(=O)CC)[C@H](O[Si](C)(C)C(C)(C)C)[C@@]2(C)C(=O)OC[C@@]12C. The average molecular weight is 383 g/mol. The Bertz CT molecular complexity index is 620. The Morgan fingerprint density at radius 1 is 1.35 bits per heavy atom. The molecular formula is C20H34O5Si. The van der Waals surface area contributed by atoms with Crippen molar-refractivity contribution in [2.75, 3.05) is 13.2 Å². The molecule has 0 amide bonds. The third-order valence-corrected chi connectivity index (χ3v) is 11.5. The zero-order valence-electron chi connectivity index (χ0n) is 17.5. The van der Waals surface area contributed by atoms with E-state index in [4.69, 9.17) is 13.9 Å². The highest BCUT2D eigenvalue weighted by Gasteiger charge is 2.71. The molecule has 0 aromatic heterocycles. The van der Waals surface area contributed by atoms with E-state index in [0.29, 0.717) is 13.0 Å². The Hall–Kier alpha value is -1.14. The van der Waals surface area contributed by atoms with Crippen LogP contribution in [0, 0.1) is 16.7 Å². The molecule has 5 nitrogen and oxygen atoms in total. The fourth-order valence-electron chi connectivity index (χ4n) is 3.75. The summed E-state index contributed by atoms with van der Waals surface area (Å²) in [6.07, 6.45) is -0.0793. The molecule has 0 radical (unpaired) electrons. The van der Waals surface area contributed by atoms with Crippen molar-refractivity contribution in [1.82, 2.24) is 0 Å². The lowest BCUT2D eigenvalue weighted by molar-refractivity contribution is -0.152. The molecule has 4 atom stereocenters. The molecule has 1 aliphatic heterocycles. The molecule has 1 aliphatic carbocycles. The largest absolute Gasteiger partial charge is 0.465 e. The molecule has 2 rings (SSSR count). The first-order valence-corrected chi connectivity index (χ1v) is 12.3. The average Bonchev–Trinajstić information content (AvgIpc) is 2.85. The van der Waals surface area contributed by atoms with Gasteiger partial charge in [-0.25, -0.2) is 0 Å². The molecule has 2 aliphatic rings. The van der Waals surface area contributed by atoms with Gasteiger partial charge < -0.3 is 13.9 Å². The van der Waals surface area contributed by atoms with Gasteiger partial charge in [-0.2, -0.15) is 0 Å². The first kappa shape index (κ1) is 21.2. The summed E-state index contributed by atoms with van der Waals surface area (Å²) in [5.74, 6) is -0.699. The van der Waals surface area contributed by atoms with E-state index in [1.807, 2.05) is 13.8 Å². The zero-order valence-corrected chi connectivity index (χ0v) is 18.5. The summed E-state index contributed by atoms with van der Waals surface area (Å²) < 4.78 is 17.7. The molecule has 1 unspecified atom stereocenters. The van der Waals surface area contributed by atoms with Gasteiger partial charge in [0.15, 0.2) is 8.32 Å². The lowest BCUT2D eigenvalue weighted by atomic mass is 9.68. The van der Waals surface area contributed by atoms with Gasteiger partial charge in [-0.15, -0.1) is 0 Å². The summed E-state index contributed by atoms with van der Waals surface area (Å²) in [7, 11) is -2.16. The third kappa shape index (κ3) is 2.95. The Balaban J connectivity index is 2.44. The van der Waals surface area contributed by atoms with E-state index in [1.54, 1.807) is 6.92 Å². The number of fused-ring (bicyclic) bond motifs is 1. The maximum Gasteiger partial charge on any atom is 0.315 e. The van der Waals surface area contributed by atoms with Crippen LogP contribution in [0.1, 0.15) is 48.0 Å². The highest BCUT2D eigenvalue weighted by atomic mass is 28.4. The van der Waals surface area contributed by atoms with Crippen LogP contribution in [-0.4, -0.2) is 39.6 Å². The van der Waals surface area contributed by atoms with E-state index >= 15 is 0 Å².